The first-order valence-electron chi connectivity index (χ1n) is 5.96. The zero-order chi connectivity index (χ0) is 12.1. The molecule has 0 saturated heterocycles. The molecule has 4 heteroatoms. The van der Waals surface area contributed by atoms with Crippen molar-refractivity contribution in [2.45, 2.75) is 18.9 Å². The van der Waals surface area contributed by atoms with Crippen molar-refractivity contribution < 1.29 is 14.2 Å². The summed E-state index contributed by atoms with van der Waals surface area (Å²) in [6.07, 6.45) is 1.83. The Balaban J connectivity index is 2.09. The third kappa shape index (κ3) is 2.90. The first-order valence-corrected chi connectivity index (χ1v) is 5.96. The molecule has 2 N–H and O–H groups in total. The normalized spacial score (nSPS) is 15.6. The minimum absolute atomic E-state index is 0.0261. The van der Waals surface area contributed by atoms with Crippen LogP contribution in [0.25, 0.3) is 0 Å². The average molecular weight is 237 g/mol. The van der Waals surface area contributed by atoms with Crippen LogP contribution in [-0.4, -0.2) is 26.9 Å². The number of ether oxygens (including phenoxy) is 3. The van der Waals surface area contributed by atoms with E-state index in [4.69, 9.17) is 19.9 Å². The van der Waals surface area contributed by atoms with Gasteiger partial charge in [0, 0.05) is 25.3 Å². The Labute approximate surface area is 102 Å². The molecule has 1 aromatic rings. The maximum absolute atomic E-state index is 6.17. The number of benzene rings is 1. The third-order valence-corrected chi connectivity index (χ3v) is 2.86. The lowest BCUT2D eigenvalue weighted by Crippen LogP contribution is -2.19. The Kier molecular flexibility index (Phi) is 4.23. The number of nitrogens with two attached hydrogens (primary N) is 1. The zero-order valence-corrected chi connectivity index (χ0v) is 10.1. The van der Waals surface area contributed by atoms with Gasteiger partial charge in [-0.25, -0.2) is 0 Å². The van der Waals surface area contributed by atoms with Crippen LogP contribution in [0.5, 0.6) is 11.5 Å². The van der Waals surface area contributed by atoms with Gasteiger partial charge in [-0.3, -0.25) is 0 Å². The van der Waals surface area contributed by atoms with Gasteiger partial charge in [-0.15, -0.1) is 0 Å². The van der Waals surface area contributed by atoms with Crippen molar-refractivity contribution in [3.63, 3.8) is 0 Å². The molecular weight excluding hydrogens is 218 g/mol. The fraction of sp³-hybridized carbons (Fsp3) is 0.538. The van der Waals surface area contributed by atoms with Crippen LogP contribution in [0.1, 0.15) is 24.4 Å². The van der Waals surface area contributed by atoms with Crippen molar-refractivity contribution in [2.75, 3.05) is 26.9 Å². The van der Waals surface area contributed by atoms with Crippen molar-refractivity contribution in [3.05, 3.63) is 23.8 Å². The Morgan fingerprint density at radius 2 is 2.18 bits per heavy atom. The van der Waals surface area contributed by atoms with Crippen molar-refractivity contribution in [3.8, 4) is 11.5 Å². The van der Waals surface area contributed by atoms with Crippen molar-refractivity contribution in [1.82, 2.24) is 0 Å². The van der Waals surface area contributed by atoms with E-state index in [9.17, 15) is 0 Å². The van der Waals surface area contributed by atoms with Crippen molar-refractivity contribution in [2.24, 2.45) is 5.73 Å². The number of methoxy groups -OCH3 is 1. The van der Waals surface area contributed by atoms with Gasteiger partial charge in [0.1, 0.15) is 13.2 Å². The van der Waals surface area contributed by atoms with Gasteiger partial charge in [-0.2, -0.15) is 0 Å². The second-order valence-corrected chi connectivity index (χ2v) is 4.11. The lowest BCUT2D eigenvalue weighted by molar-refractivity contribution is 0.168. The van der Waals surface area contributed by atoms with E-state index >= 15 is 0 Å². The highest BCUT2D eigenvalue weighted by atomic mass is 16.6. The highest BCUT2D eigenvalue weighted by Gasteiger charge is 2.19. The Hall–Kier alpha value is -1.26. The fourth-order valence-corrected chi connectivity index (χ4v) is 1.99. The van der Waals surface area contributed by atoms with E-state index < -0.39 is 0 Å². The summed E-state index contributed by atoms with van der Waals surface area (Å²) in [5.41, 5.74) is 7.19. The molecule has 0 saturated carbocycles. The van der Waals surface area contributed by atoms with Crippen molar-refractivity contribution in [1.29, 1.82) is 0 Å². The SMILES string of the molecule is COCCCC(N)c1cccc2c1OCCO2. The molecule has 1 aromatic carbocycles. The van der Waals surface area contributed by atoms with Crippen LogP contribution >= 0.6 is 0 Å². The summed E-state index contributed by atoms with van der Waals surface area (Å²) in [6, 6.07) is 5.85. The van der Waals surface area contributed by atoms with E-state index in [2.05, 4.69) is 0 Å². The van der Waals surface area contributed by atoms with Gasteiger partial charge in [0.25, 0.3) is 0 Å². The number of para-hydroxylation sites is 1. The first-order chi connectivity index (χ1) is 8.33. The minimum Gasteiger partial charge on any atom is -0.486 e. The Bertz CT molecular complexity index is 368. The monoisotopic (exact) mass is 237 g/mol. The molecular formula is C13H19NO3. The first kappa shape index (κ1) is 12.2. The second-order valence-electron chi connectivity index (χ2n) is 4.11. The van der Waals surface area contributed by atoms with Gasteiger partial charge in [0.15, 0.2) is 11.5 Å². The summed E-state index contributed by atoms with van der Waals surface area (Å²) in [5.74, 6) is 1.61. The van der Waals surface area contributed by atoms with E-state index in [1.165, 1.54) is 0 Å². The van der Waals surface area contributed by atoms with Gasteiger partial charge in [0.05, 0.1) is 0 Å². The molecule has 0 radical (unpaired) electrons. The van der Waals surface area contributed by atoms with E-state index in [-0.39, 0.29) is 6.04 Å². The van der Waals surface area contributed by atoms with Gasteiger partial charge >= 0.3 is 0 Å². The average Bonchev–Trinajstić information content (AvgIpc) is 2.38. The molecule has 0 spiro atoms. The summed E-state index contributed by atoms with van der Waals surface area (Å²) in [7, 11) is 1.70. The highest BCUT2D eigenvalue weighted by Crippen LogP contribution is 2.37. The number of fused-ring (bicyclic) bond motifs is 1. The molecule has 1 heterocycles. The molecule has 1 aliphatic heterocycles. The molecule has 0 amide bonds. The highest BCUT2D eigenvalue weighted by molar-refractivity contribution is 5.48. The predicted octanol–water partition coefficient (Wildman–Crippen LogP) is 1.88. The maximum Gasteiger partial charge on any atom is 0.166 e. The van der Waals surface area contributed by atoms with Gasteiger partial charge in [0.2, 0.25) is 0 Å². The molecule has 17 heavy (non-hydrogen) atoms. The molecule has 0 aliphatic carbocycles. The zero-order valence-electron chi connectivity index (χ0n) is 10.1. The maximum atomic E-state index is 6.17. The second kappa shape index (κ2) is 5.89. The lowest BCUT2D eigenvalue weighted by Gasteiger charge is -2.23. The van der Waals surface area contributed by atoms with E-state index in [0.29, 0.717) is 13.2 Å². The lowest BCUT2D eigenvalue weighted by atomic mass is 10.0. The number of hydrogen-bond acceptors (Lipinski definition) is 4. The van der Waals surface area contributed by atoms with Crippen molar-refractivity contribution >= 4 is 0 Å². The fourth-order valence-electron chi connectivity index (χ4n) is 1.99. The van der Waals surface area contributed by atoms with Crippen LogP contribution in [0.15, 0.2) is 18.2 Å². The summed E-state index contributed by atoms with van der Waals surface area (Å²) >= 11 is 0. The van der Waals surface area contributed by atoms with Crippen LogP contribution in [0, 0.1) is 0 Å². The van der Waals surface area contributed by atoms with Crippen LogP contribution < -0.4 is 15.2 Å². The summed E-state index contributed by atoms with van der Waals surface area (Å²) < 4.78 is 16.2. The molecule has 1 unspecified atom stereocenters. The third-order valence-electron chi connectivity index (χ3n) is 2.86. The van der Waals surface area contributed by atoms with Gasteiger partial charge in [-0.1, -0.05) is 12.1 Å². The van der Waals surface area contributed by atoms with Crippen LogP contribution in [0.4, 0.5) is 0 Å². The topological polar surface area (TPSA) is 53.7 Å². The van der Waals surface area contributed by atoms with Crippen LogP contribution in [0.3, 0.4) is 0 Å². The molecule has 2 rings (SSSR count). The standard InChI is InChI=1S/C13H19NO3/c1-15-7-3-5-11(14)10-4-2-6-12-13(10)17-9-8-16-12/h2,4,6,11H,3,5,7-9,14H2,1H3. The molecule has 1 aliphatic rings. The molecule has 0 fully saturated rings. The van der Waals surface area contributed by atoms with E-state index in [0.717, 1.165) is 36.5 Å². The molecule has 0 bridgehead atoms. The van der Waals surface area contributed by atoms with E-state index in [1.807, 2.05) is 18.2 Å². The quantitative estimate of drug-likeness (QED) is 0.794. The summed E-state index contributed by atoms with van der Waals surface area (Å²) in [4.78, 5) is 0. The predicted molar refractivity (Wildman–Crippen MR) is 65.5 cm³/mol. The smallest absolute Gasteiger partial charge is 0.166 e. The molecule has 1 atom stereocenters. The Morgan fingerprint density at radius 3 is 3.00 bits per heavy atom. The number of rotatable bonds is 5. The number of hydrogen-bond donors (Lipinski definition) is 1. The Morgan fingerprint density at radius 1 is 1.35 bits per heavy atom. The molecule has 4 nitrogen and oxygen atoms in total. The molecule has 0 aromatic heterocycles. The van der Waals surface area contributed by atoms with Crippen LogP contribution in [0.2, 0.25) is 0 Å². The van der Waals surface area contributed by atoms with Gasteiger partial charge < -0.3 is 19.9 Å². The summed E-state index contributed by atoms with van der Waals surface area (Å²) in [5, 5.41) is 0. The van der Waals surface area contributed by atoms with E-state index in [1.54, 1.807) is 7.11 Å². The van der Waals surface area contributed by atoms with Crippen LogP contribution in [-0.2, 0) is 4.74 Å². The molecule has 94 valence electrons. The summed E-state index contributed by atoms with van der Waals surface area (Å²) in [6.45, 7) is 1.93. The largest absolute Gasteiger partial charge is 0.486 e. The van der Waals surface area contributed by atoms with Gasteiger partial charge in [-0.05, 0) is 18.9 Å². The minimum atomic E-state index is -0.0261.